The van der Waals surface area contributed by atoms with Crippen molar-refractivity contribution < 1.29 is 33.0 Å². The van der Waals surface area contributed by atoms with E-state index in [9.17, 15) is 14.4 Å². The average Bonchev–Trinajstić information content (AvgIpc) is 3.42. The molecule has 32 heavy (non-hydrogen) atoms. The zero-order valence-electron chi connectivity index (χ0n) is 17.0. The van der Waals surface area contributed by atoms with Gasteiger partial charge in [0.15, 0.2) is 11.6 Å². The van der Waals surface area contributed by atoms with E-state index in [0.717, 1.165) is 18.9 Å². The lowest BCUT2D eigenvalue weighted by atomic mass is 9.91. The van der Waals surface area contributed by atoms with E-state index in [1.807, 2.05) is 0 Å². The number of benzene rings is 1. The van der Waals surface area contributed by atoms with Gasteiger partial charge in [0.05, 0.1) is 17.1 Å². The average molecular weight is 449 g/mol. The number of halogens is 2. The van der Waals surface area contributed by atoms with Gasteiger partial charge in [-0.2, -0.15) is 0 Å². The number of nitrogens with zero attached hydrogens (tertiary/aromatic N) is 2. The lowest BCUT2D eigenvalue weighted by Crippen LogP contribution is -2.46. The van der Waals surface area contributed by atoms with Crippen molar-refractivity contribution in [2.45, 2.75) is 30.9 Å². The third-order valence-corrected chi connectivity index (χ3v) is 6.59. The molecule has 0 radical (unpaired) electrons. The monoisotopic (exact) mass is 449 g/mol. The van der Waals surface area contributed by atoms with E-state index in [-0.39, 0.29) is 41.6 Å². The van der Waals surface area contributed by atoms with Crippen molar-refractivity contribution in [3.8, 4) is 5.75 Å². The van der Waals surface area contributed by atoms with Crippen molar-refractivity contribution in [2.24, 2.45) is 5.92 Å². The molecule has 5 rings (SSSR count). The fraction of sp³-hybridized carbons (Fsp3) is 0.476. The number of anilines is 1. The molecule has 2 aliphatic heterocycles. The molecule has 1 aliphatic carbocycles. The van der Waals surface area contributed by atoms with E-state index in [2.05, 4.69) is 10.1 Å². The molecule has 3 heterocycles. The quantitative estimate of drug-likeness (QED) is 0.513. The number of carboxylic acid groups (broad SMARTS) is 1. The fourth-order valence-electron chi connectivity index (χ4n) is 5.01. The second-order valence-electron chi connectivity index (χ2n) is 8.52. The topological polar surface area (TPSA) is 110 Å². The molecule has 1 aromatic heterocycles. The Labute approximate surface area is 180 Å². The van der Waals surface area contributed by atoms with Gasteiger partial charge in [-0.1, -0.05) is 0 Å². The lowest BCUT2D eigenvalue weighted by Gasteiger charge is -2.28. The number of hydrogen-bond acceptors (Lipinski definition) is 6. The third kappa shape index (κ3) is 3.19. The molecule has 0 bridgehead atoms. The zero-order chi connectivity index (χ0) is 22.6. The highest BCUT2D eigenvalue weighted by Gasteiger charge is 2.52. The van der Waals surface area contributed by atoms with Crippen LogP contribution in [0.15, 0.2) is 17.1 Å². The molecule has 2 N–H and O–H groups in total. The number of pyridine rings is 1. The molecule has 2 unspecified atom stereocenters. The minimum atomic E-state index is -1.68. The van der Waals surface area contributed by atoms with Gasteiger partial charge in [-0.3, -0.25) is 9.59 Å². The molecule has 1 saturated carbocycles. The highest BCUT2D eigenvalue weighted by Crippen LogP contribution is 2.44. The number of fused-ring (bicyclic) bond motifs is 2. The number of ether oxygens (including phenoxy) is 2. The highest BCUT2D eigenvalue weighted by atomic mass is 19.1. The summed E-state index contributed by atoms with van der Waals surface area (Å²) in [7, 11) is 0. The minimum Gasteiger partial charge on any atom is -0.449 e. The van der Waals surface area contributed by atoms with Gasteiger partial charge in [-0.05, 0) is 25.3 Å². The third-order valence-electron chi connectivity index (χ3n) is 6.59. The number of rotatable bonds is 6. The fourth-order valence-corrected chi connectivity index (χ4v) is 5.01. The molecule has 1 aromatic carbocycles. The van der Waals surface area contributed by atoms with Crippen LogP contribution in [0.3, 0.4) is 0 Å². The van der Waals surface area contributed by atoms with Crippen LogP contribution in [0.4, 0.5) is 19.3 Å². The van der Waals surface area contributed by atoms with Crippen LogP contribution in [0.5, 0.6) is 5.75 Å². The first-order chi connectivity index (χ1) is 15.3. The van der Waals surface area contributed by atoms with Crippen molar-refractivity contribution in [2.75, 3.05) is 31.1 Å². The smallest absolute Gasteiger partial charge is 0.449 e. The Morgan fingerprint density at radius 1 is 1.38 bits per heavy atom. The number of carbonyl (C=O) groups excluding carboxylic acids is 1. The Morgan fingerprint density at radius 2 is 2.16 bits per heavy atom. The van der Waals surface area contributed by atoms with Crippen LogP contribution in [-0.2, 0) is 9.53 Å². The van der Waals surface area contributed by atoms with E-state index in [4.69, 9.17) is 9.84 Å². The number of hydrogen-bond donors (Lipinski definition) is 2. The SMILES string of the molecule is O=CNCC12CN(c3c(F)cc4c(=O)c(OC(=O)O)cn(C5CC5)c4c3F)CC1CCO2. The summed E-state index contributed by atoms with van der Waals surface area (Å²) in [5.74, 6) is -2.32. The summed E-state index contributed by atoms with van der Waals surface area (Å²) >= 11 is 0. The van der Waals surface area contributed by atoms with E-state index >= 15 is 8.78 Å². The molecule has 2 atom stereocenters. The maximum absolute atomic E-state index is 15.8. The minimum absolute atomic E-state index is 0.0126. The summed E-state index contributed by atoms with van der Waals surface area (Å²) in [5.41, 5.74) is -1.97. The molecule has 3 fully saturated rings. The summed E-state index contributed by atoms with van der Waals surface area (Å²) < 4.78 is 43.0. The first-order valence-corrected chi connectivity index (χ1v) is 10.4. The van der Waals surface area contributed by atoms with Crippen LogP contribution < -0.4 is 20.4 Å². The van der Waals surface area contributed by atoms with E-state index in [1.165, 1.54) is 10.8 Å². The predicted molar refractivity (Wildman–Crippen MR) is 108 cm³/mol. The Morgan fingerprint density at radius 3 is 2.84 bits per heavy atom. The second kappa shape index (κ2) is 7.44. The van der Waals surface area contributed by atoms with Crippen molar-refractivity contribution in [1.29, 1.82) is 0 Å². The zero-order valence-corrected chi connectivity index (χ0v) is 17.0. The molecule has 2 aromatic rings. The molecular formula is C21H21F2N3O6. The summed E-state index contributed by atoms with van der Waals surface area (Å²) in [6.45, 7) is 1.27. The number of carbonyl (C=O) groups is 2. The maximum Gasteiger partial charge on any atom is 0.511 e. The van der Waals surface area contributed by atoms with Gasteiger partial charge in [-0.25, -0.2) is 13.6 Å². The molecule has 170 valence electrons. The van der Waals surface area contributed by atoms with E-state index in [0.29, 0.717) is 26.0 Å². The molecule has 2 saturated heterocycles. The van der Waals surface area contributed by atoms with Crippen LogP contribution in [-0.4, -0.2) is 54.1 Å². The van der Waals surface area contributed by atoms with E-state index < -0.39 is 34.6 Å². The van der Waals surface area contributed by atoms with Crippen molar-refractivity contribution in [3.05, 3.63) is 34.1 Å². The standard InChI is InChI=1S/C21H21F2N3O6/c22-14-5-13-17(26(12-1-2-12)7-15(19(13)28)32-20(29)30)16(23)18(14)25-6-11-3-4-31-21(11,9-25)8-24-10-27/h5,7,10-12H,1-4,6,8-9H2,(H,24,27)(H,29,30). The Balaban J connectivity index is 1.63. The normalized spacial score (nSPS) is 24.6. The van der Waals surface area contributed by atoms with Crippen molar-refractivity contribution >= 4 is 29.2 Å². The van der Waals surface area contributed by atoms with Gasteiger partial charge in [0.25, 0.3) is 0 Å². The van der Waals surface area contributed by atoms with Crippen molar-refractivity contribution in [3.63, 3.8) is 0 Å². The highest BCUT2D eigenvalue weighted by molar-refractivity contribution is 5.86. The van der Waals surface area contributed by atoms with Crippen LogP contribution in [0, 0.1) is 17.6 Å². The Bertz CT molecular complexity index is 1180. The Kier molecular flexibility index (Phi) is 4.81. The molecule has 9 nitrogen and oxygen atoms in total. The second-order valence-corrected chi connectivity index (χ2v) is 8.52. The number of amides is 1. The van der Waals surface area contributed by atoms with Crippen LogP contribution >= 0.6 is 0 Å². The maximum atomic E-state index is 15.8. The molecule has 3 aliphatic rings. The van der Waals surface area contributed by atoms with Gasteiger partial charge >= 0.3 is 6.16 Å². The van der Waals surface area contributed by atoms with Gasteiger partial charge in [0.1, 0.15) is 17.1 Å². The summed E-state index contributed by atoms with van der Waals surface area (Å²) in [5, 5.41) is 11.2. The van der Waals surface area contributed by atoms with Crippen molar-refractivity contribution in [1.82, 2.24) is 9.88 Å². The largest absolute Gasteiger partial charge is 0.511 e. The van der Waals surface area contributed by atoms with Gasteiger partial charge in [0.2, 0.25) is 11.8 Å². The predicted octanol–water partition coefficient (Wildman–Crippen LogP) is 2.01. The first-order valence-electron chi connectivity index (χ1n) is 10.4. The van der Waals surface area contributed by atoms with Gasteiger partial charge in [-0.15, -0.1) is 0 Å². The van der Waals surface area contributed by atoms with Crippen LogP contribution in [0.2, 0.25) is 0 Å². The molecular weight excluding hydrogens is 428 g/mol. The number of nitrogens with one attached hydrogen (secondary N) is 1. The summed E-state index contributed by atoms with van der Waals surface area (Å²) in [6, 6.07) is 0.807. The summed E-state index contributed by atoms with van der Waals surface area (Å²) in [6.07, 6.45) is 2.21. The molecule has 11 heteroatoms. The van der Waals surface area contributed by atoms with Crippen LogP contribution in [0.1, 0.15) is 25.3 Å². The first kappa shape index (κ1) is 20.7. The van der Waals surface area contributed by atoms with Gasteiger partial charge < -0.3 is 29.4 Å². The lowest BCUT2D eigenvalue weighted by molar-refractivity contribution is -0.110. The molecule has 0 spiro atoms. The molecule has 1 amide bonds. The van der Waals surface area contributed by atoms with Crippen LogP contribution in [0.25, 0.3) is 10.9 Å². The van der Waals surface area contributed by atoms with E-state index in [1.54, 1.807) is 4.90 Å². The number of aromatic nitrogens is 1. The van der Waals surface area contributed by atoms with Gasteiger partial charge in [0, 0.05) is 38.2 Å². The Hall–Kier alpha value is -3.21. The summed E-state index contributed by atoms with van der Waals surface area (Å²) in [4.78, 5) is 36.0.